The maximum atomic E-state index is 3.94. The van der Waals surface area contributed by atoms with Gasteiger partial charge in [-0.3, -0.25) is 0 Å². The molecular formula is C12H15N3. The molecule has 0 bridgehead atoms. The predicted octanol–water partition coefficient (Wildman–Crippen LogP) is 2.45. The Balaban J connectivity index is 2.11. The highest BCUT2D eigenvalue weighted by molar-refractivity contribution is 5.24. The Kier molecular flexibility index (Phi) is 2.81. The van der Waals surface area contributed by atoms with Crippen LogP contribution >= 0.6 is 0 Å². The molecule has 0 unspecified atom stereocenters. The molecule has 0 radical (unpaired) electrons. The molecule has 0 aliphatic heterocycles. The van der Waals surface area contributed by atoms with E-state index in [0.717, 1.165) is 6.54 Å². The van der Waals surface area contributed by atoms with Crippen LogP contribution in [0.2, 0.25) is 0 Å². The number of aromatic nitrogens is 3. The van der Waals surface area contributed by atoms with Crippen molar-refractivity contribution in [3.63, 3.8) is 0 Å². The van der Waals surface area contributed by atoms with Gasteiger partial charge in [0.25, 0.3) is 0 Å². The molecule has 0 fully saturated rings. The van der Waals surface area contributed by atoms with E-state index >= 15 is 0 Å². The van der Waals surface area contributed by atoms with Crippen molar-refractivity contribution < 1.29 is 0 Å². The highest BCUT2D eigenvalue weighted by Gasteiger charge is 1.99. The average molecular weight is 201 g/mol. The van der Waals surface area contributed by atoms with Gasteiger partial charge in [0, 0.05) is 6.20 Å². The standard InChI is InChI=1S/C12H15N3/c1-10(2)12-5-3-11(4-6-12)9-15-8-7-13-14-15/h3-8,10H,9H2,1-2H3. The second-order valence-electron chi connectivity index (χ2n) is 4.00. The Morgan fingerprint density at radius 3 is 2.47 bits per heavy atom. The Hall–Kier alpha value is -1.64. The third kappa shape index (κ3) is 2.43. The van der Waals surface area contributed by atoms with E-state index in [1.807, 2.05) is 10.9 Å². The Bertz CT molecular complexity index is 401. The molecule has 0 amide bonds. The first-order valence-electron chi connectivity index (χ1n) is 5.18. The zero-order valence-corrected chi connectivity index (χ0v) is 9.09. The predicted molar refractivity (Wildman–Crippen MR) is 59.7 cm³/mol. The molecule has 78 valence electrons. The summed E-state index contributed by atoms with van der Waals surface area (Å²) in [7, 11) is 0. The summed E-state index contributed by atoms with van der Waals surface area (Å²) in [6, 6.07) is 8.65. The molecule has 0 N–H and O–H groups in total. The van der Waals surface area contributed by atoms with Crippen LogP contribution in [0, 0.1) is 0 Å². The van der Waals surface area contributed by atoms with Crippen LogP contribution in [0.25, 0.3) is 0 Å². The van der Waals surface area contributed by atoms with Gasteiger partial charge in [-0.05, 0) is 17.0 Å². The first-order chi connectivity index (χ1) is 7.25. The maximum absolute atomic E-state index is 3.94. The Labute approximate surface area is 89.7 Å². The highest BCUT2D eigenvalue weighted by Crippen LogP contribution is 2.14. The van der Waals surface area contributed by atoms with Crippen LogP contribution < -0.4 is 0 Å². The van der Waals surface area contributed by atoms with Gasteiger partial charge in [-0.15, -0.1) is 5.10 Å². The second-order valence-corrected chi connectivity index (χ2v) is 4.00. The Morgan fingerprint density at radius 1 is 1.20 bits per heavy atom. The molecular weight excluding hydrogens is 186 g/mol. The SMILES string of the molecule is CC(C)c1ccc(Cn2ccnn2)cc1. The lowest BCUT2D eigenvalue weighted by Crippen LogP contribution is -2.00. The van der Waals surface area contributed by atoms with Crippen LogP contribution in [0.4, 0.5) is 0 Å². The molecule has 2 rings (SSSR count). The molecule has 0 saturated carbocycles. The largest absolute Gasteiger partial charge is 0.248 e. The minimum atomic E-state index is 0.588. The molecule has 0 aliphatic rings. The number of hydrogen-bond acceptors (Lipinski definition) is 2. The molecule has 1 heterocycles. The van der Waals surface area contributed by atoms with Crippen molar-refractivity contribution in [2.45, 2.75) is 26.3 Å². The van der Waals surface area contributed by atoms with E-state index in [1.165, 1.54) is 11.1 Å². The smallest absolute Gasteiger partial charge is 0.0693 e. The summed E-state index contributed by atoms with van der Waals surface area (Å²) in [6.07, 6.45) is 3.57. The fourth-order valence-corrected chi connectivity index (χ4v) is 1.51. The number of nitrogens with zero attached hydrogens (tertiary/aromatic N) is 3. The summed E-state index contributed by atoms with van der Waals surface area (Å²) in [5, 5.41) is 7.71. The minimum absolute atomic E-state index is 0.588. The minimum Gasteiger partial charge on any atom is -0.248 e. The van der Waals surface area contributed by atoms with Crippen molar-refractivity contribution in [2.24, 2.45) is 0 Å². The van der Waals surface area contributed by atoms with Gasteiger partial charge in [0.15, 0.2) is 0 Å². The summed E-state index contributed by atoms with van der Waals surface area (Å²) in [5.74, 6) is 0.588. The molecule has 0 atom stereocenters. The van der Waals surface area contributed by atoms with Crippen LogP contribution in [0.1, 0.15) is 30.9 Å². The molecule has 0 saturated heterocycles. The van der Waals surface area contributed by atoms with Gasteiger partial charge in [0.1, 0.15) is 0 Å². The molecule has 15 heavy (non-hydrogen) atoms. The van der Waals surface area contributed by atoms with Crippen molar-refractivity contribution in [2.75, 3.05) is 0 Å². The number of rotatable bonds is 3. The molecule has 3 heteroatoms. The summed E-state index contributed by atoms with van der Waals surface area (Å²) < 4.78 is 1.82. The van der Waals surface area contributed by atoms with Crippen LogP contribution in [0.15, 0.2) is 36.7 Å². The van der Waals surface area contributed by atoms with E-state index in [9.17, 15) is 0 Å². The lowest BCUT2D eigenvalue weighted by atomic mass is 10.0. The van der Waals surface area contributed by atoms with Crippen LogP contribution in [-0.2, 0) is 6.54 Å². The monoisotopic (exact) mass is 201 g/mol. The van der Waals surface area contributed by atoms with Crippen LogP contribution in [-0.4, -0.2) is 15.0 Å². The van der Waals surface area contributed by atoms with Crippen LogP contribution in [0.3, 0.4) is 0 Å². The van der Waals surface area contributed by atoms with Crippen LogP contribution in [0.5, 0.6) is 0 Å². The molecule has 3 nitrogen and oxygen atoms in total. The van der Waals surface area contributed by atoms with Crippen molar-refractivity contribution in [1.29, 1.82) is 0 Å². The van der Waals surface area contributed by atoms with Gasteiger partial charge < -0.3 is 0 Å². The van der Waals surface area contributed by atoms with E-state index in [4.69, 9.17) is 0 Å². The van der Waals surface area contributed by atoms with Crippen molar-refractivity contribution in [3.05, 3.63) is 47.8 Å². The topological polar surface area (TPSA) is 30.7 Å². The first kappa shape index (κ1) is 9.90. The van der Waals surface area contributed by atoms with E-state index in [2.05, 4.69) is 48.4 Å². The molecule has 0 spiro atoms. The van der Waals surface area contributed by atoms with Crippen molar-refractivity contribution in [3.8, 4) is 0 Å². The maximum Gasteiger partial charge on any atom is 0.0693 e. The lowest BCUT2D eigenvalue weighted by molar-refractivity contribution is 0.649. The van der Waals surface area contributed by atoms with Gasteiger partial charge in [-0.25, -0.2) is 4.68 Å². The fraction of sp³-hybridized carbons (Fsp3) is 0.333. The summed E-state index contributed by atoms with van der Waals surface area (Å²) in [4.78, 5) is 0. The molecule has 2 aromatic rings. The average Bonchev–Trinajstić information content (AvgIpc) is 2.71. The number of benzene rings is 1. The van der Waals surface area contributed by atoms with Gasteiger partial charge in [-0.1, -0.05) is 43.3 Å². The van der Waals surface area contributed by atoms with Crippen molar-refractivity contribution in [1.82, 2.24) is 15.0 Å². The molecule has 0 aliphatic carbocycles. The Morgan fingerprint density at radius 2 is 1.93 bits per heavy atom. The summed E-state index contributed by atoms with van der Waals surface area (Å²) in [6.45, 7) is 5.19. The van der Waals surface area contributed by atoms with E-state index < -0.39 is 0 Å². The van der Waals surface area contributed by atoms with Gasteiger partial charge in [-0.2, -0.15) is 0 Å². The van der Waals surface area contributed by atoms with Crippen molar-refractivity contribution >= 4 is 0 Å². The fourth-order valence-electron chi connectivity index (χ4n) is 1.51. The van der Waals surface area contributed by atoms with Gasteiger partial charge in [0.2, 0.25) is 0 Å². The molecule has 1 aromatic heterocycles. The normalized spacial score (nSPS) is 10.9. The quantitative estimate of drug-likeness (QED) is 0.763. The van der Waals surface area contributed by atoms with E-state index in [-0.39, 0.29) is 0 Å². The summed E-state index contributed by atoms with van der Waals surface area (Å²) >= 11 is 0. The summed E-state index contributed by atoms with van der Waals surface area (Å²) in [5.41, 5.74) is 2.63. The molecule has 1 aromatic carbocycles. The van der Waals surface area contributed by atoms with Gasteiger partial charge >= 0.3 is 0 Å². The van der Waals surface area contributed by atoms with E-state index in [0.29, 0.717) is 5.92 Å². The van der Waals surface area contributed by atoms with E-state index in [1.54, 1.807) is 6.20 Å². The zero-order chi connectivity index (χ0) is 10.7. The number of hydrogen-bond donors (Lipinski definition) is 0. The highest BCUT2D eigenvalue weighted by atomic mass is 15.4. The first-order valence-corrected chi connectivity index (χ1v) is 5.18. The third-order valence-corrected chi connectivity index (χ3v) is 2.46. The van der Waals surface area contributed by atoms with Gasteiger partial charge in [0.05, 0.1) is 12.7 Å². The lowest BCUT2D eigenvalue weighted by Gasteiger charge is -2.06. The third-order valence-electron chi connectivity index (χ3n) is 2.46. The zero-order valence-electron chi connectivity index (χ0n) is 9.09. The second kappa shape index (κ2) is 4.26.